The van der Waals surface area contributed by atoms with Gasteiger partial charge in [-0.05, 0) is 31.2 Å². The van der Waals surface area contributed by atoms with Crippen LogP contribution in [-0.4, -0.2) is 30.6 Å². The van der Waals surface area contributed by atoms with Gasteiger partial charge >= 0.3 is 0 Å². The summed E-state index contributed by atoms with van der Waals surface area (Å²) in [4.78, 5) is 4.00. The van der Waals surface area contributed by atoms with Gasteiger partial charge in [0.1, 0.15) is 12.7 Å². The van der Waals surface area contributed by atoms with Gasteiger partial charge in [-0.15, -0.1) is 0 Å². The lowest BCUT2D eigenvalue weighted by Gasteiger charge is -2.22. The van der Waals surface area contributed by atoms with E-state index in [1.165, 1.54) is 48.8 Å². The number of aryl methyl sites for hydroxylation is 1. The molecular formula is C22H30N6. The van der Waals surface area contributed by atoms with Crippen molar-refractivity contribution in [1.82, 2.24) is 29.9 Å². The molecule has 0 bridgehead atoms. The Labute approximate surface area is 167 Å². The number of nitrogens with zero attached hydrogens (tertiary/aromatic N) is 5. The average Bonchev–Trinajstić information content (AvgIpc) is 3.36. The molecule has 148 valence electrons. The molecule has 2 heterocycles. The van der Waals surface area contributed by atoms with Crippen LogP contribution in [0.1, 0.15) is 56.1 Å². The number of rotatable bonds is 7. The first kappa shape index (κ1) is 18.9. The SMILES string of the molecule is CC(Cn1cncn1)NCc1cn(C)nc1-c1ccc(C2CCCCC2)cc1. The van der Waals surface area contributed by atoms with E-state index in [9.17, 15) is 0 Å². The molecule has 28 heavy (non-hydrogen) atoms. The molecule has 2 aromatic heterocycles. The molecular weight excluding hydrogens is 348 g/mol. The van der Waals surface area contributed by atoms with Crippen molar-refractivity contribution in [2.45, 2.75) is 64.1 Å². The smallest absolute Gasteiger partial charge is 0.137 e. The number of aromatic nitrogens is 5. The van der Waals surface area contributed by atoms with E-state index in [4.69, 9.17) is 5.10 Å². The third-order valence-corrected chi connectivity index (χ3v) is 5.73. The third-order valence-electron chi connectivity index (χ3n) is 5.73. The van der Waals surface area contributed by atoms with Crippen molar-refractivity contribution in [1.29, 1.82) is 0 Å². The maximum absolute atomic E-state index is 4.73. The fraction of sp³-hybridized carbons (Fsp3) is 0.500. The molecule has 0 amide bonds. The lowest BCUT2D eigenvalue weighted by Crippen LogP contribution is -2.30. The number of hydrogen-bond acceptors (Lipinski definition) is 4. The standard InChI is InChI=1S/C22H30N6/c1-17(13-28-16-23-15-25-28)24-12-21-14-27(2)26-22(21)20-10-8-19(9-11-20)18-6-4-3-5-7-18/h8-11,14-18,24H,3-7,12-13H2,1-2H3. The highest BCUT2D eigenvalue weighted by Gasteiger charge is 2.16. The molecule has 4 rings (SSSR count). The van der Waals surface area contributed by atoms with Crippen molar-refractivity contribution in [2.24, 2.45) is 7.05 Å². The summed E-state index contributed by atoms with van der Waals surface area (Å²) < 4.78 is 3.76. The molecule has 1 N–H and O–H groups in total. The normalized spacial score (nSPS) is 16.4. The Hall–Kier alpha value is -2.47. The maximum atomic E-state index is 4.73. The lowest BCUT2D eigenvalue weighted by molar-refractivity contribution is 0.443. The summed E-state index contributed by atoms with van der Waals surface area (Å²) in [7, 11) is 1.99. The molecule has 0 aliphatic heterocycles. The number of hydrogen-bond donors (Lipinski definition) is 1. The third kappa shape index (κ3) is 4.50. The monoisotopic (exact) mass is 378 g/mol. The van der Waals surface area contributed by atoms with E-state index in [1.54, 1.807) is 12.7 Å². The summed E-state index contributed by atoms with van der Waals surface area (Å²) in [5.74, 6) is 0.741. The highest BCUT2D eigenvalue weighted by molar-refractivity contribution is 5.63. The molecule has 1 aliphatic rings. The Morgan fingerprint density at radius 2 is 1.93 bits per heavy atom. The van der Waals surface area contributed by atoms with E-state index in [2.05, 4.69) is 52.8 Å². The van der Waals surface area contributed by atoms with E-state index in [1.807, 2.05) is 16.4 Å². The van der Waals surface area contributed by atoms with Crippen LogP contribution in [0.2, 0.25) is 0 Å². The van der Waals surface area contributed by atoms with Crippen LogP contribution in [0.3, 0.4) is 0 Å². The van der Waals surface area contributed by atoms with Crippen molar-refractivity contribution in [3.8, 4) is 11.3 Å². The van der Waals surface area contributed by atoms with Gasteiger partial charge in [-0.25, -0.2) is 4.98 Å². The predicted octanol–water partition coefficient (Wildman–Crippen LogP) is 3.90. The minimum Gasteiger partial charge on any atom is -0.308 e. The summed E-state index contributed by atoms with van der Waals surface area (Å²) in [5.41, 5.74) is 4.97. The molecule has 1 aliphatic carbocycles. The molecule has 1 unspecified atom stereocenters. The molecule has 3 aromatic rings. The Balaban J connectivity index is 1.43. The first-order valence-electron chi connectivity index (χ1n) is 10.4. The van der Waals surface area contributed by atoms with Crippen molar-refractivity contribution < 1.29 is 0 Å². The fourth-order valence-corrected chi connectivity index (χ4v) is 4.22. The zero-order valence-electron chi connectivity index (χ0n) is 16.9. The van der Waals surface area contributed by atoms with Gasteiger partial charge in [-0.2, -0.15) is 10.2 Å². The molecule has 1 aromatic carbocycles. The fourth-order valence-electron chi connectivity index (χ4n) is 4.22. The van der Waals surface area contributed by atoms with Gasteiger partial charge in [-0.3, -0.25) is 9.36 Å². The van der Waals surface area contributed by atoms with E-state index < -0.39 is 0 Å². The highest BCUT2D eigenvalue weighted by atomic mass is 15.3. The topological polar surface area (TPSA) is 60.6 Å². The first-order chi connectivity index (χ1) is 13.7. The summed E-state index contributed by atoms with van der Waals surface area (Å²) in [5, 5.41) is 12.5. The highest BCUT2D eigenvalue weighted by Crippen LogP contribution is 2.33. The van der Waals surface area contributed by atoms with Crippen molar-refractivity contribution in [3.05, 3.63) is 54.2 Å². The van der Waals surface area contributed by atoms with Gasteiger partial charge in [0.2, 0.25) is 0 Å². The summed E-state index contributed by atoms with van der Waals surface area (Å²) >= 11 is 0. The number of nitrogens with one attached hydrogen (secondary N) is 1. The molecule has 6 nitrogen and oxygen atoms in total. The second-order valence-corrected chi connectivity index (χ2v) is 8.03. The zero-order valence-corrected chi connectivity index (χ0v) is 16.9. The van der Waals surface area contributed by atoms with E-state index >= 15 is 0 Å². The van der Waals surface area contributed by atoms with Gasteiger partial charge in [0.25, 0.3) is 0 Å². The van der Waals surface area contributed by atoms with Crippen LogP contribution in [-0.2, 0) is 20.1 Å². The summed E-state index contributed by atoms with van der Waals surface area (Å²) in [6.07, 6.45) is 12.2. The number of benzene rings is 1. The Kier molecular flexibility index (Phi) is 5.86. The molecule has 0 spiro atoms. The first-order valence-corrected chi connectivity index (χ1v) is 10.4. The van der Waals surface area contributed by atoms with Crippen LogP contribution in [0, 0.1) is 0 Å². The van der Waals surface area contributed by atoms with Gasteiger partial charge < -0.3 is 5.32 Å². The minimum absolute atomic E-state index is 0.295. The van der Waals surface area contributed by atoms with Crippen molar-refractivity contribution in [3.63, 3.8) is 0 Å². The molecule has 0 saturated heterocycles. The van der Waals surface area contributed by atoms with Crippen LogP contribution < -0.4 is 5.32 Å². The van der Waals surface area contributed by atoms with Crippen LogP contribution in [0.5, 0.6) is 0 Å². The van der Waals surface area contributed by atoms with Crippen LogP contribution in [0.25, 0.3) is 11.3 Å². The van der Waals surface area contributed by atoms with E-state index in [-0.39, 0.29) is 0 Å². The Morgan fingerprint density at radius 1 is 1.14 bits per heavy atom. The maximum Gasteiger partial charge on any atom is 0.137 e. The van der Waals surface area contributed by atoms with E-state index in [0.717, 1.165) is 24.7 Å². The predicted molar refractivity (Wildman–Crippen MR) is 111 cm³/mol. The van der Waals surface area contributed by atoms with E-state index in [0.29, 0.717) is 6.04 Å². The molecule has 1 saturated carbocycles. The Bertz CT molecular complexity index is 859. The van der Waals surface area contributed by atoms with Gasteiger partial charge in [0.05, 0.1) is 12.2 Å². The van der Waals surface area contributed by atoms with Gasteiger partial charge in [0.15, 0.2) is 0 Å². The quantitative estimate of drug-likeness (QED) is 0.677. The van der Waals surface area contributed by atoms with Crippen LogP contribution >= 0.6 is 0 Å². The summed E-state index contributed by atoms with van der Waals surface area (Å²) in [6.45, 7) is 3.74. The zero-order chi connectivity index (χ0) is 19.3. The molecule has 1 fully saturated rings. The van der Waals surface area contributed by atoms with Gasteiger partial charge in [-0.1, -0.05) is 43.5 Å². The lowest BCUT2D eigenvalue weighted by atomic mass is 9.84. The second kappa shape index (κ2) is 8.69. The van der Waals surface area contributed by atoms with Crippen LogP contribution in [0.4, 0.5) is 0 Å². The summed E-state index contributed by atoms with van der Waals surface area (Å²) in [6, 6.07) is 9.40. The largest absolute Gasteiger partial charge is 0.308 e. The van der Waals surface area contributed by atoms with Crippen LogP contribution in [0.15, 0.2) is 43.1 Å². The van der Waals surface area contributed by atoms with Crippen molar-refractivity contribution in [2.75, 3.05) is 0 Å². The van der Waals surface area contributed by atoms with Gasteiger partial charge in [0, 0.05) is 37.0 Å². The second-order valence-electron chi connectivity index (χ2n) is 8.03. The molecule has 0 radical (unpaired) electrons. The minimum atomic E-state index is 0.295. The average molecular weight is 379 g/mol. The van der Waals surface area contributed by atoms with Crippen molar-refractivity contribution >= 4 is 0 Å². The Morgan fingerprint density at radius 3 is 2.64 bits per heavy atom. The molecule has 1 atom stereocenters. The molecule has 6 heteroatoms.